The Morgan fingerprint density at radius 1 is 1.09 bits per heavy atom. The number of carbonyl (C=O) groups is 2. The zero-order valence-corrected chi connectivity index (χ0v) is 19.7. The van der Waals surface area contributed by atoms with Gasteiger partial charge in [-0.1, -0.05) is 42.5 Å². The molecule has 178 valence electrons. The lowest BCUT2D eigenvalue weighted by Gasteiger charge is -2.20. The van der Waals surface area contributed by atoms with Crippen molar-refractivity contribution < 1.29 is 19.4 Å². The standard InChI is InChI=1S/C26H29N3O5/c1-5-34-22(30)14-21(19-11-8-10-18(13-19)20-12-7-6-9-16(20)2)27-26(33)28-23-24(31)17(3)15-29(4)25(23)32/h6-13,15,21,31H,5,14H2,1-4H3,(H2,27,28,33)/t21-/m0/s1. The number of nitrogens with zero attached hydrogens (tertiary/aromatic N) is 1. The van der Waals surface area contributed by atoms with Gasteiger partial charge in [0.1, 0.15) is 5.75 Å². The quantitative estimate of drug-likeness (QED) is 0.455. The normalized spacial score (nSPS) is 11.5. The van der Waals surface area contributed by atoms with Crippen LogP contribution in [0.25, 0.3) is 11.1 Å². The fourth-order valence-corrected chi connectivity index (χ4v) is 3.76. The Morgan fingerprint density at radius 3 is 2.53 bits per heavy atom. The molecular weight excluding hydrogens is 434 g/mol. The molecule has 2 amide bonds. The molecule has 0 aliphatic carbocycles. The van der Waals surface area contributed by atoms with Crippen LogP contribution in [0.5, 0.6) is 5.75 Å². The van der Waals surface area contributed by atoms with Gasteiger partial charge in [-0.3, -0.25) is 9.59 Å². The summed E-state index contributed by atoms with van der Waals surface area (Å²) < 4.78 is 6.36. The van der Waals surface area contributed by atoms with E-state index in [2.05, 4.69) is 10.6 Å². The Bertz CT molecular complexity index is 1270. The molecule has 1 heterocycles. The number of ether oxygens (including phenoxy) is 1. The Morgan fingerprint density at radius 2 is 1.82 bits per heavy atom. The number of aromatic nitrogens is 1. The summed E-state index contributed by atoms with van der Waals surface area (Å²) >= 11 is 0. The number of nitrogens with one attached hydrogen (secondary N) is 2. The number of carbonyl (C=O) groups excluding carboxylic acids is 2. The molecule has 0 bridgehead atoms. The first-order chi connectivity index (χ1) is 16.2. The van der Waals surface area contributed by atoms with E-state index in [1.807, 2.05) is 55.5 Å². The minimum Gasteiger partial charge on any atom is -0.505 e. The highest BCUT2D eigenvalue weighted by Crippen LogP contribution is 2.28. The van der Waals surface area contributed by atoms with E-state index in [1.54, 1.807) is 13.8 Å². The summed E-state index contributed by atoms with van der Waals surface area (Å²) in [6, 6.07) is 14.0. The second-order valence-corrected chi connectivity index (χ2v) is 8.05. The van der Waals surface area contributed by atoms with Crippen LogP contribution in [0, 0.1) is 13.8 Å². The highest BCUT2D eigenvalue weighted by atomic mass is 16.5. The van der Waals surface area contributed by atoms with Gasteiger partial charge in [0.2, 0.25) is 0 Å². The summed E-state index contributed by atoms with van der Waals surface area (Å²) in [6.45, 7) is 5.56. The molecule has 0 radical (unpaired) electrons. The van der Waals surface area contributed by atoms with E-state index < -0.39 is 23.6 Å². The number of urea groups is 1. The number of aromatic hydroxyl groups is 1. The highest BCUT2D eigenvalue weighted by molar-refractivity contribution is 5.91. The zero-order valence-electron chi connectivity index (χ0n) is 19.7. The van der Waals surface area contributed by atoms with Crippen molar-refractivity contribution in [1.29, 1.82) is 0 Å². The van der Waals surface area contributed by atoms with E-state index in [4.69, 9.17) is 4.74 Å². The summed E-state index contributed by atoms with van der Waals surface area (Å²) in [5.41, 5.74) is 3.42. The second kappa shape index (κ2) is 10.7. The number of hydrogen-bond acceptors (Lipinski definition) is 5. The molecule has 3 rings (SSSR count). The number of benzene rings is 2. The number of esters is 1. The minimum atomic E-state index is -0.728. The lowest BCUT2D eigenvalue weighted by molar-refractivity contribution is -0.143. The van der Waals surface area contributed by atoms with Crippen LogP contribution in [0.15, 0.2) is 59.5 Å². The summed E-state index contributed by atoms with van der Waals surface area (Å²) in [7, 11) is 1.53. The van der Waals surface area contributed by atoms with Crippen molar-refractivity contribution in [2.24, 2.45) is 7.05 Å². The van der Waals surface area contributed by atoms with E-state index in [0.29, 0.717) is 11.1 Å². The molecule has 1 atom stereocenters. The average molecular weight is 464 g/mol. The summed E-state index contributed by atoms with van der Waals surface area (Å²) in [5.74, 6) is -0.773. The molecular formula is C26H29N3O5. The lowest BCUT2D eigenvalue weighted by atomic mass is 9.95. The Labute approximate surface area is 198 Å². The average Bonchev–Trinajstić information content (AvgIpc) is 2.81. The van der Waals surface area contributed by atoms with Crippen LogP contribution in [0.2, 0.25) is 0 Å². The van der Waals surface area contributed by atoms with Crippen molar-refractivity contribution in [2.45, 2.75) is 33.2 Å². The van der Waals surface area contributed by atoms with E-state index in [9.17, 15) is 19.5 Å². The summed E-state index contributed by atoms with van der Waals surface area (Å²) in [6.07, 6.45) is 1.37. The van der Waals surface area contributed by atoms with Gasteiger partial charge in [0.25, 0.3) is 5.56 Å². The van der Waals surface area contributed by atoms with Crippen molar-refractivity contribution in [3.63, 3.8) is 0 Å². The highest BCUT2D eigenvalue weighted by Gasteiger charge is 2.22. The van der Waals surface area contributed by atoms with Crippen LogP contribution in [0.3, 0.4) is 0 Å². The molecule has 2 aromatic carbocycles. The van der Waals surface area contributed by atoms with Gasteiger partial charge in [-0.2, -0.15) is 0 Å². The Hall–Kier alpha value is -4.07. The molecule has 0 unspecified atom stereocenters. The van der Waals surface area contributed by atoms with Crippen LogP contribution in [-0.2, 0) is 16.6 Å². The van der Waals surface area contributed by atoms with E-state index in [-0.39, 0.29) is 24.5 Å². The molecule has 3 aromatic rings. The predicted octanol–water partition coefficient (Wildman–Crippen LogP) is 4.19. The number of amides is 2. The van der Waals surface area contributed by atoms with Crippen LogP contribution >= 0.6 is 0 Å². The smallest absolute Gasteiger partial charge is 0.319 e. The molecule has 0 fully saturated rings. The molecule has 0 aliphatic rings. The van der Waals surface area contributed by atoms with Gasteiger partial charge >= 0.3 is 12.0 Å². The first-order valence-electron chi connectivity index (χ1n) is 11.0. The van der Waals surface area contributed by atoms with Gasteiger partial charge in [0.05, 0.1) is 19.1 Å². The van der Waals surface area contributed by atoms with Gasteiger partial charge in [-0.05, 0) is 49.1 Å². The molecule has 34 heavy (non-hydrogen) atoms. The van der Waals surface area contributed by atoms with E-state index >= 15 is 0 Å². The predicted molar refractivity (Wildman–Crippen MR) is 131 cm³/mol. The molecule has 0 aliphatic heterocycles. The van der Waals surface area contributed by atoms with Crippen molar-refractivity contribution in [3.8, 4) is 16.9 Å². The number of rotatable bonds is 7. The Kier molecular flexibility index (Phi) is 7.73. The first-order valence-corrected chi connectivity index (χ1v) is 11.0. The van der Waals surface area contributed by atoms with Crippen molar-refractivity contribution >= 4 is 17.7 Å². The third kappa shape index (κ3) is 5.64. The maximum absolute atomic E-state index is 12.8. The Balaban J connectivity index is 1.91. The third-order valence-electron chi connectivity index (χ3n) is 5.50. The minimum absolute atomic E-state index is 0.101. The monoisotopic (exact) mass is 463 g/mol. The molecule has 3 N–H and O–H groups in total. The lowest BCUT2D eigenvalue weighted by Crippen LogP contribution is -2.36. The van der Waals surface area contributed by atoms with Gasteiger partial charge in [0, 0.05) is 18.8 Å². The number of hydrogen-bond donors (Lipinski definition) is 3. The molecule has 8 heteroatoms. The maximum atomic E-state index is 12.8. The van der Waals surface area contributed by atoms with Gasteiger partial charge in [0.15, 0.2) is 5.69 Å². The van der Waals surface area contributed by atoms with Crippen molar-refractivity contribution in [2.75, 3.05) is 11.9 Å². The summed E-state index contributed by atoms with van der Waals surface area (Å²) in [4.78, 5) is 37.5. The van der Waals surface area contributed by atoms with Crippen LogP contribution < -0.4 is 16.2 Å². The molecule has 1 aromatic heterocycles. The summed E-state index contributed by atoms with van der Waals surface area (Å²) in [5, 5.41) is 15.5. The fourth-order valence-electron chi connectivity index (χ4n) is 3.76. The van der Waals surface area contributed by atoms with E-state index in [0.717, 1.165) is 16.7 Å². The van der Waals surface area contributed by atoms with Gasteiger partial charge < -0.3 is 25.0 Å². The third-order valence-corrected chi connectivity index (χ3v) is 5.50. The van der Waals surface area contributed by atoms with Crippen molar-refractivity contribution in [1.82, 2.24) is 9.88 Å². The topological polar surface area (TPSA) is 110 Å². The SMILES string of the molecule is CCOC(=O)C[C@H](NC(=O)Nc1c(O)c(C)cn(C)c1=O)c1cccc(-c2ccccc2C)c1. The van der Waals surface area contributed by atoms with Crippen molar-refractivity contribution in [3.05, 3.63) is 81.8 Å². The van der Waals surface area contributed by atoms with E-state index in [1.165, 1.54) is 17.8 Å². The number of pyridine rings is 1. The molecule has 0 saturated carbocycles. The van der Waals surface area contributed by atoms with Crippen LogP contribution in [-0.4, -0.2) is 28.3 Å². The van der Waals surface area contributed by atoms with Crippen LogP contribution in [0.1, 0.15) is 36.1 Å². The zero-order chi connectivity index (χ0) is 24.8. The van der Waals surface area contributed by atoms with Gasteiger partial charge in [-0.15, -0.1) is 0 Å². The largest absolute Gasteiger partial charge is 0.505 e. The molecule has 8 nitrogen and oxygen atoms in total. The first kappa shape index (κ1) is 24.6. The molecule has 0 spiro atoms. The number of anilines is 1. The fraction of sp³-hybridized carbons (Fsp3) is 0.269. The van der Waals surface area contributed by atoms with Gasteiger partial charge in [-0.25, -0.2) is 4.79 Å². The maximum Gasteiger partial charge on any atom is 0.319 e. The second-order valence-electron chi connectivity index (χ2n) is 8.05. The van der Waals surface area contributed by atoms with Crippen LogP contribution in [0.4, 0.5) is 10.5 Å². The number of aryl methyl sites for hydroxylation is 3. The molecule has 0 saturated heterocycles.